The Bertz CT molecular complexity index is 319. The van der Waals surface area contributed by atoms with Gasteiger partial charge in [-0.1, -0.05) is 18.2 Å². The van der Waals surface area contributed by atoms with Crippen molar-refractivity contribution >= 4 is 0 Å². The Kier molecular flexibility index (Phi) is 1.54. The first-order valence-electron chi connectivity index (χ1n) is 4.07. The molecule has 3 N–H and O–H groups in total. The summed E-state index contributed by atoms with van der Waals surface area (Å²) in [7, 11) is 0. The van der Waals surface area contributed by atoms with Gasteiger partial charge in [-0.2, -0.15) is 0 Å². The molecule has 0 aromatic heterocycles. The number of fused-ring (bicyclic) bond motifs is 1. The highest BCUT2D eigenvalue weighted by Gasteiger charge is 2.17. The number of nitrogens with one attached hydrogen (secondary N) is 1. The van der Waals surface area contributed by atoms with Crippen molar-refractivity contribution in [1.29, 1.82) is 0 Å². The van der Waals surface area contributed by atoms with Gasteiger partial charge in [-0.3, -0.25) is 0 Å². The summed E-state index contributed by atoms with van der Waals surface area (Å²) in [6.07, 6.45) is 10.2. The Morgan fingerprint density at radius 2 is 2.17 bits per heavy atom. The first-order chi connectivity index (χ1) is 5.77. The first kappa shape index (κ1) is 7.22. The molecule has 1 heterocycles. The van der Waals surface area contributed by atoms with Gasteiger partial charge in [-0.25, -0.2) is 0 Å². The van der Waals surface area contributed by atoms with E-state index in [1.165, 1.54) is 11.3 Å². The second-order valence-electron chi connectivity index (χ2n) is 3.10. The summed E-state index contributed by atoms with van der Waals surface area (Å²) in [4.78, 5) is 0. The molecule has 0 aromatic carbocycles. The summed E-state index contributed by atoms with van der Waals surface area (Å²) in [6.45, 7) is 2.05. The van der Waals surface area contributed by atoms with Gasteiger partial charge in [-0.05, 0) is 19.1 Å². The topological polar surface area (TPSA) is 38.0 Å². The minimum Gasteiger partial charge on any atom is -0.398 e. The Morgan fingerprint density at radius 3 is 3.00 bits per heavy atom. The van der Waals surface area contributed by atoms with Gasteiger partial charge in [0.15, 0.2) is 0 Å². The van der Waals surface area contributed by atoms with Crippen LogP contribution in [0.15, 0.2) is 47.3 Å². The zero-order valence-electron chi connectivity index (χ0n) is 7.04. The number of hydrogen-bond acceptors (Lipinski definition) is 2. The monoisotopic (exact) mass is 160 g/mol. The first-order valence-corrected chi connectivity index (χ1v) is 4.07. The summed E-state index contributed by atoms with van der Waals surface area (Å²) < 4.78 is 0. The Balaban J connectivity index is 2.39. The van der Waals surface area contributed by atoms with Gasteiger partial charge in [0.25, 0.3) is 0 Å². The van der Waals surface area contributed by atoms with Gasteiger partial charge in [0.1, 0.15) is 0 Å². The van der Waals surface area contributed by atoms with Crippen LogP contribution in [0, 0.1) is 0 Å². The summed E-state index contributed by atoms with van der Waals surface area (Å²) in [6, 6.07) is 0.278. The number of nitrogens with two attached hydrogens (primary N) is 1. The van der Waals surface area contributed by atoms with Gasteiger partial charge in [0.05, 0.1) is 6.04 Å². The molecule has 1 atom stereocenters. The van der Waals surface area contributed by atoms with E-state index in [1.54, 1.807) is 0 Å². The third-order valence-corrected chi connectivity index (χ3v) is 2.14. The smallest absolute Gasteiger partial charge is 0.0718 e. The Morgan fingerprint density at radius 1 is 1.33 bits per heavy atom. The summed E-state index contributed by atoms with van der Waals surface area (Å²) >= 11 is 0. The largest absolute Gasteiger partial charge is 0.398 e. The average Bonchev–Trinajstić information content (AvgIpc) is 2.04. The molecule has 0 saturated heterocycles. The van der Waals surface area contributed by atoms with E-state index in [0.717, 1.165) is 5.70 Å². The van der Waals surface area contributed by atoms with Crippen molar-refractivity contribution in [3.8, 4) is 0 Å². The van der Waals surface area contributed by atoms with Gasteiger partial charge in [0.2, 0.25) is 0 Å². The van der Waals surface area contributed by atoms with Crippen LogP contribution in [0.5, 0.6) is 0 Å². The van der Waals surface area contributed by atoms with E-state index in [1.807, 2.05) is 18.2 Å². The predicted octanol–water partition coefficient (Wildman–Crippen LogP) is 1.20. The number of hydrogen-bond donors (Lipinski definition) is 2. The standard InChI is InChI=1S/C10H12N2/c1-7-5-6-8-9(11)3-2-4-10(8)12-7/h2-6,10,12H,11H2,1H3. The zero-order valence-corrected chi connectivity index (χ0v) is 7.04. The van der Waals surface area contributed by atoms with E-state index in [9.17, 15) is 0 Å². The molecule has 0 radical (unpaired) electrons. The van der Waals surface area contributed by atoms with Crippen LogP contribution >= 0.6 is 0 Å². The molecular formula is C10H12N2. The third kappa shape index (κ3) is 1.05. The van der Waals surface area contributed by atoms with Crippen LogP contribution in [-0.4, -0.2) is 6.04 Å². The highest BCUT2D eigenvalue weighted by atomic mass is 14.9. The molecule has 0 spiro atoms. The molecule has 2 rings (SSSR count). The van der Waals surface area contributed by atoms with Crippen LogP contribution in [0.25, 0.3) is 0 Å². The van der Waals surface area contributed by atoms with Gasteiger partial charge < -0.3 is 11.1 Å². The molecule has 0 bridgehead atoms. The molecular weight excluding hydrogens is 148 g/mol. The second-order valence-corrected chi connectivity index (χ2v) is 3.10. The van der Waals surface area contributed by atoms with Gasteiger partial charge in [0, 0.05) is 17.0 Å². The molecule has 12 heavy (non-hydrogen) atoms. The molecule has 0 fully saturated rings. The highest BCUT2D eigenvalue weighted by Crippen LogP contribution is 2.20. The van der Waals surface area contributed by atoms with Crippen molar-refractivity contribution in [3.63, 3.8) is 0 Å². The Labute approximate surface area is 72.1 Å². The van der Waals surface area contributed by atoms with Crippen LogP contribution in [0.3, 0.4) is 0 Å². The van der Waals surface area contributed by atoms with Crippen LogP contribution < -0.4 is 11.1 Å². The molecule has 1 aliphatic heterocycles. The van der Waals surface area contributed by atoms with Crippen molar-refractivity contribution < 1.29 is 0 Å². The molecule has 0 saturated carbocycles. The Hall–Kier alpha value is -1.44. The highest BCUT2D eigenvalue weighted by molar-refractivity contribution is 5.47. The molecule has 1 unspecified atom stereocenters. The van der Waals surface area contributed by atoms with Crippen molar-refractivity contribution in [1.82, 2.24) is 5.32 Å². The fourth-order valence-corrected chi connectivity index (χ4v) is 1.48. The van der Waals surface area contributed by atoms with E-state index < -0.39 is 0 Å². The number of dihydropyridines is 1. The molecule has 0 amide bonds. The summed E-state index contributed by atoms with van der Waals surface area (Å²) in [5.74, 6) is 0. The number of allylic oxidation sites excluding steroid dienone is 5. The van der Waals surface area contributed by atoms with Crippen LogP contribution in [0.4, 0.5) is 0 Å². The lowest BCUT2D eigenvalue weighted by Crippen LogP contribution is -2.33. The summed E-state index contributed by atoms with van der Waals surface area (Å²) in [5.41, 5.74) is 9.02. The quantitative estimate of drug-likeness (QED) is 0.559. The van der Waals surface area contributed by atoms with Gasteiger partial charge in [-0.15, -0.1) is 0 Å². The second kappa shape index (κ2) is 2.55. The third-order valence-electron chi connectivity index (χ3n) is 2.14. The maximum absolute atomic E-state index is 5.81. The van der Waals surface area contributed by atoms with E-state index in [4.69, 9.17) is 5.73 Å². The van der Waals surface area contributed by atoms with Crippen molar-refractivity contribution in [3.05, 3.63) is 47.3 Å². The molecule has 2 aliphatic rings. The zero-order chi connectivity index (χ0) is 8.55. The van der Waals surface area contributed by atoms with Crippen molar-refractivity contribution in [2.24, 2.45) is 5.73 Å². The maximum Gasteiger partial charge on any atom is 0.0718 e. The minimum atomic E-state index is 0.278. The molecule has 62 valence electrons. The fraction of sp³-hybridized carbons (Fsp3) is 0.200. The fourth-order valence-electron chi connectivity index (χ4n) is 1.48. The lowest BCUT2D eigenvalue weighted by atomic mass is 9.96. The van der Waals surface area contributed by atoms with E-state index in [2.05, 4.69) is 24.4 Å². The van der Waals surface area contributed by atoms with Gasteiger partial charge >= 0.3 is 0 Å². The summed E-state index contributed by atoms with van der Waals surface area (Å²) in [5, 5.41) is 3.33. The van der Waals surface area contributed by atoms with Crippen molar-refractivity contribution in [2.45, 2.75) is 13.0 Å². The molecule has 2 nitrogen and oxygen atoms in total. The maximum atomic E-state index is 5.81. The van der Waals surface area contributed by atoms with E-state index >= 15 is 0 Å². The lowest BCUT2D eigenvalue weighted by molar-refractivity contribution is 0.736. The predicted molar refractivity (Wildman–Crippen MR) is 50.2 cm³/mol. The molecule has 0 aromatic rings. The molecule has 2 heteroatoms. The van der Waals surface area contributed by atoms with Crippen LogP contribution in [-0.2, 0) is 0 Å². The normalized spacial score (nSPS) is 26.4. The lowest BCUT2D eigenvalue weighted by Gasteiger charge is -2.25. The van der Waals surface area contributed by atoms with Crippen LogP contribution in [0.1, 0.15) is 6.92 Å². The van der Waals surface area contributed by atoms with Crippen molar-refractivity contribution in [2.75, 3.05) is 0 Å². The van der Waals surface area contributed by atoms with Crippen LogP contribution in [0.2, 0.25) is 0 Å². The van der Waals surface area contributed by atoms with E-state index in [-0.39, 0.29) is 6.04 Å². The number of rotatable bonds is 0. The van der Waals surface area contributed by atoms with E-state index in [0.29, 0.717) is 0 Å². The SMILES string of the molecule is CC1=CC=C2C(N)=CC=CC2N1. The average molecular weight is 160 g/mol. The minimum absolute atomic E-state index is 0.278. The molecule has 1 aliphatic carbocycles.